The Morgan fingerprint density at radius 3 is 2.44 bits per heavy atom. The maximum Gasteiger partial charge on any atom is 0.325 e. The van der Waals surface area contributed by atoms with Gasteiger partial charge in [-0.25, -0.2) is 8.42 Å². The molecule has 1 fully saturated rings. The third-order valence-corrected chi connectivity index (χ3v) is 6.47. The summed E-state index contributed by atoms with van der Waals surface area (Å²) in [6.45, 7) is 4.10. The second-order valence-electron chi connectivity index (χ2n) is 6.24. The van der Waals surface area contributed by atoms with E-state index in [1.807, 2.05) is 13.0 Å². The minimum atomic E-state index is -3.56. The summed E-state index contributed by atoms with van der Waals surface area (Å²) in [6, 6.07) is 5.27. The van der Waals surface area contributed by atoms with E-state index in [9.17, 15) is 18.0 Å². The summed E-state index contributed by atoms with van der Waals surface area (Å²) in [7, 11) is -2.31. The minimum absolute atomic E-state index is 0.170. The Hall–Kier alpha value is -1.93. The molecule has 8 heteroatoms. The van der Waals surface area contributed by atoms with Gasteiger partial charge in [0.1, 0.15) is 6.54 Å². The molecule has 0 saturated carbocycles. The molecule has 1 aliphatic heterocycles. The molecule has 1 aliphatic rings. The maximum atomic E-state index is 12.8. The summed E-state index contributed by atoms with van der Waals surface area (Å²) in [5.74, 6) is -1.05. The summed E-state index contributed by atoms with van der Waals surface area (Å²) < 4.78 is 31.5. The standard InChI is InChI=1S/C17H24N2O5S/c1-12-4-5-15(13(2)10-12)25(22,23)19-8-6-14(7-9-19)17(21)18-11-16(20)24-3/h4-5,10,14H,6-9,11H2,1-3H3,(H,18,21). The van der Waals surface area contributed by atoms with Gasteiger partial charge in [0.15, 0.2) is 0 Å². The highest BCUT2D eigenvalue weighted by molar-refractivity contribution is 7.89. The van der Waals surface area contributed by atoms with Crippen LogP contribution in [0.25, 0.3) is 0 Å². The fourth-order valence-corrected chi connectivity index (χ4v) is 4.64. The fraction of sp³-hybridized carbons (Fsp3) is 0.529. The molecule has 2 rings (SSSR count). The number of carbonyl (C=O) groups is 2. The van der Waals surface area contributed by atoms with E-state index in [1.54, 1.807) is 19.1 Å². The Morgan fingerprint density at radius 1 is 1.24 bits per heavy atom. The minimum Gasteiger partial charge on any atom is -0.468 e. The fourth-order valence-electron chi connectivity index (χ4n) is 2.96. The highest BCUT2D eigenvalue weighted by Crippen LogP contribution is 2.26. The summed E-state index contributed by atoms with van der Waals surface area (Å²) in [5.41, 5.74) is 1.73. The summed E-state index contributed by atoms with van der Waals surface area (Å²) in [4.78, 5) is 23.4. The van der Waals surface area contributed by atoms with Gasteiger partial charge in [0, 0.05) is 19.0 Å². The lowest BCUT2D eigenvalue weighted by molar-refractivity contribution is -0.141. The molecule has 1 heterocycles. The van der Waals surface area contributed by atoms with E-state index >= 15 is 0 Å². The van der Waals surface area contributed by atoms with Crippen molar-refractivity contribution in [3.8, 4) is 0 Å². The van der Waals surface area contributed by atoms with Gasteiger partial charge in [0.2, 0.25) is 15.9 Å². The Kier molecular flexibility index (Phi) is 6.18. The number of nitrogens with one attached hydrogen (secondary N) is 1. The molecule has 1 saturated heterocycles. The van der Waals surface area contributed by atoms with Gasteiger partial charge < -0.3 is 10.1 Å². The molecule has 7 nitrogen and oxygen atoms in total. The smallest absolute Gasteiger partial charge is 0.325 e. The number of aryl methyl sites for hydroxylation is 2. The zero-order valence-corrected chi connectivity index (χ0v) is 15.6. The zero-order chi connectivity index (χ0) is 18.6. The van der Waals surface area contributed by atoms with Crippen LogP contribution >= 0.6 is 0 Å². The first-order valence-electron chi connectivity index (χ1n) is 8.17. The number of carbonyl (C=O) groups excluding carboxylic acids is 2. The van der Waals surface area contributed by atoms with Gasteiger partial charge in [-0.1, -0.05) is 17.7 Å². The molecule has 1 N–H and O–H groups in total. The van der Waals surface area contributed by atoms with Crippen LogP contribution in [-0.4, -0.2) is 51.3 Å². The first-order valence-corrected chi connectivity index (χ1v) is 9.61. The number of piperidine rings is 1. The number of hydrogen-bond donors (Lipinski definition) is 1. The highest BCUT2D eigenvalue weighted by Gasteiger charge is 2.32. The van der Waals surface area contributed by atoms with Crippen LogP contribution in [0, 0.1) is 19.8 Å². The molecular weight excluding hydrogens is 344 g/mol. The quantitative estimate of drug-likeness (QED) is 0.783. The number of nitrogens with zero attached hydrogens (tertiary/aromatic N) is 1. The van der Waals surface area contributed by atoms with Crippen molar-refractivity contribution in [1.82, 2.24) is 9.62 Å². The lowest BCUT2D eigenvalue weighted by Crippen LogP contribution is -2.44. The SMILES string of the molecule is COC(=O)CNC(=O)C1CCN(S(=O)(=O)c2ccc(C)cc2C)CC1. The van der Waals surface area contributed by atoms with Gasteiger partial charge >= 0.3 is 5.97 Å². The van der Waals surface area contributed by atoms with E-state index < -0.39 is 16.0 Å². The van der Waals surface area contributed by atoms with Crippen molar-refractivity contribution >= 4 is 21.9 Å². The number of methoxy groups -OCH3 is 1. The van der Waals surface area contributed by atoms with E-state index in [-0.39, 0.29) is 31.5 Å². The average molecular weight is 368 g/mol. The number of esters is 1. The van der Waals surface area contributed by atoms with Crippen molar-refractivity contribution in [1.29, 1.82) is 0 Å². The van der Waals surface area contributed by atoms with Crippen molar-refractivity contribution in [2.24, 2.45) is 5.92 Å². The Labute approximate surface area is 148 Å². The van der Waals surface area contributed by atoms with Crippen molar-refractivity contribution in [3.63, 3.8) is 0 Å². The van der Waals surface area contributed by atoms with Crippen LogP contribution < -0.4 is 5.32 Å². The maximum absolute atomic E-state index is 12.8. The molecule has 1 aromatic carbocycles. The van der Waals surface area contributed by atoms with Crippen LogP contribution in [0.15, 0.2) is 23.1 Å². The predicted octanol–water partition coefficient (Wildman–Crippen LogP) is 0.993. The normalized spacial score (nSPS) is 16.4. The van der Waals surface area contributed by atoms with E-state index in [2.05, 4.69) is 10.1 Å². The van der Waals surface area contributed by atoms with Gasteiger partial charge in [-0.3, -0.25) is 9.59 Å². The molecule has 1 aromatic rings. The number of amides is 1. The monoisotopic (exact) mass is 368 g/mol. The molecule has 0 aliphatic carbocycles. The molecule has 138 valence electrons. The van der Waals surface area contributed by atoms with Crippen molar-refractivity contribution < 1.29 is 22.7 Å². The number of sulfonamides is 1. The lowest BCUT2D eigenvalue weighted by atomic mass is 9.97. The number of hydrogen-bond acceptors (Lipinski definition) is 5. The van der Waals surface area contributed by atoms with Gasteiger partial charge in [0.05, 0.1) is 12.0 Å². The van der Waals surface area contributed by atoms with Gasteiger partial charge in [0.25, 0.3) is 0 Å². The molecule has 0 aromatic heterocycles. The van der Waals surface area contributed by atoms with Crippen molar-refractivity contribution in [3.05, 3.63) is 29.3 Å². The lowest BCUT2D eigenvalue weighted by Gasteiger charge is -2.30. The van der Waals surface area contributed by atoms with Crippen LogP contribution in [0.4, 0.5) is 0 Å². The van der Waals surface area contributed by atoms with Gasteiger partial charge in [-0.2, -0.15) is 4.31 Å². The molecule has 0 radical (unpaired) electrons. The number of ether oxygens (including phenoxy) is 1. The molecular formula is C17H24N2O5S. The Bertz CT molecular complexity index is 752. The van der Waals surface area contributed by atoms with Crippen LogP contribution in [-0.2, 0) is 24.3 Å². The first kappa shape index (κ1) is 19.4. The third kappa shape index (κ3) is 4.58. The molecule has 25 heavy (non-hydrogen) atoms. The highest BCUT2D eigenvalue weighted by atomic mass is 32.2. The summed E-state index contributed by atoms with van der Waals surface area (Å²) in [5, 5.41) is 2.52. The summed E-state index contributed by atoms with van der Waals surface area (Å²) in [6.07, 6.45) is 0.855. The van der Waals surface area contributed by atoms with E-state index in [0.29, 0.717) is 17.7 Å². The van der Waals surface area contributed by atoms with Crippen LogP contribution in [0.2, 0.25) is 0 Å². The molecule has 0 unspecified atom stereocenters. The Morgan fingerprint density at radius 2 is 1.88 bits per heavy atom. The van der Waals surface area contributed by atoms with Crippen LogP contribution in [0.3, 0.4) is 0 Å². The molecule has 0 bridgehead atoms. The van der Waals surface area contributed by atoms with Gasteiger partial charge in [-0.15, -0.1) is 0 Å². The number of benzene rings is 1. The second kappa shape index (κ2) is 7.97. The molecule has 0 spiro atoms. The molecule has 0 atom stereocenters. The predicted molar refractivity (Wildman–Crippen MR) is 92.4 cm³/mol. The second-order valence-corrected chi connectivity index (χ2v) is 8.15. The van der Waals surface area contributed by atoms with Crippen LogP contribution in [0.5, 0.6) is 0 Å². The van der Waals surface area contributed by atoms with E-state index in [4.69, 9.17) is 0 Å². The first-order chi connectivity index (χ1) is 11.8. The number of rotatable bonds is 5. The van der Waals surface area contributed by atoms with Crippen LogP contribution in [0.1, 0.15) is 24.0 Å². The Balaban J connectivity index is 1.99. The van der Waals surface area contributed by atoms with E-state index in [0.717, 1.165) is 11.1 Å². The topological polar surface area (TPSA) is 92.8 Å². The van der Waals surface area contributed by atoms with Crippen molar-refractivity contribution in [2.45, 2.75) is 31.6 Å². The van der Waals surface area contributed by atoms with Gasteiger partial charge in [-0.05, 0) is 38.3 Å². The largest absolute Gasteiger partial charge is 0.468 e. The summed E-state index contributed by atoms with van der Waals surface area (Å²) >= 11 is 0. The van der Waals surface area contributed by atoms with Crippen molar-refractivity contribution in [2.75, 3.05) is 26.7 Å². The van der Waals surface area contributed by atoms with E-state index in [1.165, 1.54) is 11.4 Å². The average Bonchev–Trinajstić information content (AvgIpc) is 2.59. The molecule has 1 amide bonds. The zero-order valence-electron chi connectivity index (χ0n) is 14.7. The third-order valence-electron chi connectivity index (χ3n) is 4.41.